The molecule has 0 amide bonds. The minimum Gasteiger partial charge on any atom is -0.508 e. The SMILES string of the molecule is Cc1c(Cl)ccc(O)c1Cc1ccccc1.Oc1ccc(Cl)cc1.Oc1ccc(Cl)cc1Cc1ccccc1. The molecule has 3 N–H and O–H groups in total. The smallest absolute Gasteiger partial charge is 0.119 e. The monoisotopic (exact) mass is 578 g/mol. The summed E-state index contributed by atoms with van der Waals surface area (Å²) in [5.41, 5.74) is 5.04. The zero-order chi connectivity index (χ0) is 28.2. The Morgan fingerprint density at radius 1 is 0.538 bits per heavy atom. The fourth-order valence-electron chi connectivity index (χ4n) is 3.69. The van der Waals surface area contributed by atoms with E-state index in [0.29, 0.717) is 39.4 Å². The molecule has 3 nitrogen and oxygen atoms in total. The van der Waals surface area contributed by atoms with Crippen molar-refractivity contribution >= 4 is 34.8 Å². The van der Waals surface area contributed by atoms with Gasteiger partial charge in [-0.15, -0.1) is 0 Å². The first kappa shape index (κ1) is 29.9. The van der Waals surface area contributed by atoms with E-state index >= 15 is 0 Å². The van der Waals surface area contributed by atoms with Gasteiger partial charge in [-0.25, -0.2) is 0 Å². The molecule has 0 saturated heterocycles. The van der Waals surface area contributed by atoms with Gasteiger partial charge < -0.3 is 15.3 Å². The first-order chi connectivity index (χ1) is 18.7. The Kier molecular flexibility index (Phi) is 11.6. The molecule has 0 fully saturated rings. The second-order valence-electron chi connectivity index (χ2n) is 8.74. The zero-order valence-corrected chi connectivity index (χ0v) is 23.6. The van der Waals surface area contributed by atoms with E-state index in [1.807, 2.05) is 67.6 Å². The molecular formula is C33H29Cl3O3. The van der Waals surface area contributed by atoms with Crippen molar-refractivity contribution in [2.75, 3.05) is 0 Å². The third-order valence-corrected chi connectivity index (χ3v) is 6.73. The lowest BCUT2D eigenvalue weighted by atomic mass is 9.99. The van der Waals surface area contributed by atoms with Crippen molar-refractivity contribution in [2.45, 2.75) is 19.8 Å². The minimum atomic E-state index is 0.245. The average molecular weight is 580 g/mol. The third-order valence-electron chi connectivity index (χ3n) is 5.84. The van der Waals surface area contributed by atoms with Crippen LogP contribution in [-0.4, -0.2) is 15.3 Å². The van der Waals surface area contributed by atoms with Gasteiger partial charge in [-0.05, 0) is 83.8 Å². The van der Waals surface area contributed by atoms with Crippen LogP contribution in [0.4, 0.5) is 0 Å². The van der Waals surface area contributed by atoms with Gasteiger partial charge in [-0.1, -0.05) is 95.5 Å². The van der Waals surface area contributed by atoms with Gasteiger partial charge in [-0.2, -0.15) is 0 Å². The molecule has 200 valence electrons. The van der Waals surface area contributed by atoms with E-state index in [-0.39, 0.29) is 5.75 Å². The highest BCUT2D eigenvalue weighted by atomic mass is 35.5. The van der Waals surface area contributed by atoms with Crippen molar-refractivity contribution in [1.82, 2.24) is 0 Å². The topological polar surface area (TPSA) is 60.7 Å². The summed E-state index contributed by atoms with van der Waals surface area (Å²) in [6.45, 7) is 1.93. The molecule has 0 atom stereocenters. The van der Waals surface area contributed by atoms with Gasteiger partial charge in [0.1, 0.15) is 17.2 Å². The Morgan fingerprint density at radius 3 is 1.62 bits per heavy atom. The van der Waals surface area contributed by atoms with Gasteiger partial charge in [0.15, 0.2) is 0 Å². The predicted molar refractivity (Wildman–Crippen MR) is 163 cm³/mol. The van der Waals surface area contributed by atoms with Gasteiger partial charge in [-0.3, -0.25) is 0 Å². The molecule has 0 aliphatic rings. The van der Waals surface area contributed by atoms with Crippen LogP contribution in [0.15, 0.2) is 115 Å². The van der Waals surface area contributed by atoms with Crippen LogP contribution in [0.25, 0.3) is 0 Å². The molecule has 5 aromatic carbocycles. The van der Waals surface area contributed by atoms with Crippen molar-refractivity contribution in [1.29, 1.82) is 0 Å². The lowest BCUT2D eigenvalue weighted by Gasteiger charge is -2.10. The van der Waals surface area contributed by atoms with E-state index in [9.17, 15) is 10.2 Å². The molecule has 39 heavy (non-hydrogen) atoms. The summed E-state index contributed by atoms with van der Waals surface area (Å²) < 4.78 is 0. The molecule has 5 aromatic rings. The van der Waals surface area contributed by atoms with Crippen LogP contribution in [0.1, 0.15) is 27.8 Å². The lowest BCUT2D eigenvalue weighted by Crippen LogP contribution is -1.93. The number of benzene rings is 5. The highest BCUT2D eigenvalue weighted by Gasteiger charge is 2.08. The third kappa shape index (κ3) is 9.88. The Labute approximate surface area is 244 Å². The maximum atomic E-state index is 9.82. The number of halogens is 3. The molecule has 0 aromatic heterocycles. The van der Waals surface area contributed by atoms with Gasteiger partial charge in [0.05, 0.1) is 0 Å². The number of hydrogen-bond acceptors (Lipinski definition) is 3. The summed E-state index contributed by atoms with van der Waals surface area (Å²) in [5, 5.41) is 30.1. The van der Waals surface area contributed by atoms with Crippen LogP contribution < -0.4 is 0 Å². The molecule has 0 heterocycles. The molecular weight excluding hydrogens is 551 g/mol. The van der Waals surface area contributed by atoms with Crippen molar-refractivity contribution in [3.63, 3.8) is 0 Å². The van der Waals surface area contributed by atoms with Crippen molar-refractivity contribution in [3.05, 3.63) is 158 Å². The first-order valence-electron chi connectivity index (χ1n) is 12.2. The number of phenols is 3. The van der Waals surface area contributed by atoms with Crippen LogP contribution in [-0.2, 0) is 12.8 Å². The largest absolute Gasteiger partial charge is 0.508 e. The van der Waals surface area contributed by atoms with E-state index < -0.39 is 0 Å². The molecule has 0 saturated carbocycles. The molecule has 0 aliphatic heterocycles. The number of rotatable bonds is 4. The normalized spacial score (nSPS) is 10.1. The Bertz CT molecular complexity index is 1430. The van der Waals surface area contributed by atoms with E-state index in [2.05, 4.69) is 0 Å². The Morgan fingerprint density at radius 2 is 1.05 bits per heavy atom. The molecule has 6 heteroatoms. The maximum Gasteiger partial charge on any atom is 0.119 e. The standard InChI is InChI=1S/C14H13ClO.C13H11ClO.C6H5ClO/c1-10-12(14(16)8-7-13(10)15)9-11-5-3-2-4-6-11;14-12-6-7-13(15)11(9-12)8-10-4-2-1-3-5-10;7-5-1-3-6(8)4-2-5/h2-8,16H,9H2,1H3;1-7,9,15H,8H2;1-4,8H. The predicted octanol–water partition coefficient (Wildman–Crippen LogP) is 9.63. The van der Waals surface area contributed by atoms with E-state index in [0.717, 1.165) is 22.3 Å². The number of phenolic OH excluding ortho intramolecular Hbond substituents is 3. The van der Waals surface area contributed by atoms with E-state index in [4.69, 9.17) is 39.9 Å². The van der Waals surface area contributed by atoms with Gasteiger partial charge >= 0.3 is 0 Å². The fourth-order valence-corrected chi connectivity index (χ4v) is 4.19. The highest BCUT2D eigenvalue weighted by Crippen LogP contribution is 2.29. The summed E-state index contributed by atoms with van der Waals surface area (Å²) in [5.74, 6) is 0.850. The van der Waals surface area contributed by atoms with E-state index in [1.54, 1.807) is 54.6 Å². The van der Waals surface area contributed by atoms with Gasteiger partial charge in [0.25, 0.3) is 0 Å². The second-order valence-corrected chi connectivity index (χ2v) is 10.0. The zero-order valence-electron chi connectivity index (χ0n) is 21.4. The summed E-state index contributed by atoms with van der Waals surface area (Å²) in [7, 11) is 0. The number of hydrogen-bond donors (Lipinski definition) is 3. The molecule has 0 bridgehead atoms. The van der Waals surface area contributed by atoms with Crippen LogP contribution in [0.3, 0.4) is 0 Å². The Hall–Kier alpha value is -3.63. The van der Waals surface area contributed by atoms with Gasteiger partial charge in [0.2, 0.25) is 0 Å². The van der Waals surface area contributed by atoms with E-state index in [1.165, 1.54) is 5.56 Å². The quantitative estimate of drug-likeness (QED) is 0.199. The second kappa shape index (κ2) is 15.1. The van der Waals surface area contributed by atoms with Crippen LogP contribution in [0.5, 0.6) is 17.2 Å². The summed E-state index contributed by atoms with van der Waals surface area (Å²) in [6.07, 6.45) is 1.41. The lowest BCUT2D eigenvalue weighted by molar-refractivity contribution is 0.468. The average Bonchev–Trinajstić information content (AvgIpc) is 2.94. The minimum absolute atomic E-state index is 0.245. The highest BCUT2D eigenvalue weighted by molar-refractivity contribution is 6.31. The number of aromatic hydroxyl groups is 3. The molecule has 5 rings (SSSR count). The van der Waals surface area contributed by atoms with Crippen molar-refractivity contribution in [2.24, 2.45) is 0 Å². The van der Waals surface area contributed by atoms with Crippen LogP contribution in [0, 0.1) is 6.92 Å². The Balaban J connectivity index is 0.000000171. The summed E-state index contributed by atoms with van der Waals surface area (Å²) in [6, 6.07) is 34.9. The van der Waals surface area contributed by atoms with Crippen molar-refractivity contribution in [3.8, 4) is 17.2 Å². The summed E-state index contributed by atoms with van der Waals surface area (Å²) >= 11 is 17.4. The molecule has 0 aliphatic carbocycles. The summed E-state index contributed by atoms with van der Waals surface area (Å²) in [4.78, 5) is 0. The molecule has 0 radical (unpaired) electrons. The van der Waals surface area contributed by atoms with Crippen LogP contribution in [0.2, 0.25) is 15.1 Å². The first-order valence-corrected chi connectivity index (χ1v) is 13.3. The van der Waals surface area contributed by atoms with Crippen LogP contribution >= 0.6 is 34.8 Å². The molecule has 0 unspecified atom stereocenters. The van der Waals surface area contributed by atoms with Crippen molar-refractivity contribution < 1.29 is 15.3 Å². The van der Waals surface area contributed by atoms with Gasteiger partial charge in [0, 0.05) is 33.5 Å². The molecule has 0 spiro atoms. The fraction of sp³-hybridized carbons (Fsp3) is 0.0909. The maximum absolute atomic E-state index is 9.82.